The first-order chi connectivity index (χ1) is 15.6. The molecule has 0 saturated heterocycles. The lowest BCUT2D eigenvalue weighted by Crippen LogP contribution is -2.42. The molecule has 0 spiro atoms. The fourth-order valence-electron chi connectivity index (χ4n) is 5.24. The molecule has 1 fully saturated rings. The molecule has 4 unspecified atom stereocenters. The average Bonchev–Trinajstić information content (AvgIpc) is 2.63. The van der Waals surface area contributed by atoms with Gasteiger partial charge < -0.3 is 4.52 Å². The van der Waals surface area contributed by atoms with E-state index >= 15 is 0 Å². The summed E-state index contributed by atoms with van der Waals surface area (Å²) in [5.41, 5.74) is 4.43. The van der Waals surface area contributed by atoms with Crippen LogP contribution in [0.5, 0.6) is 0 Å². The predicted molar refractivity (Wildman–Crippen MR) is 158 cm³/mol. The lowest BCUT2D eigenvalue weighted by atomic mass is 9.75. The van der Waals surface area contributed by atoms with E-state index in [0.717, 1.165) is 5.92 Å². The minimum Gasteiger partial charge on any atom is -0.336 e. The number of hydrogen-bond acceptors (Lipinski definition) is 2. The Balaban J connectivity index is 2.81. The summed E-state index contributed by atoms with van der Waals surface area (Å²) in [4.78, 5) is 0. The summed E-state index contributed by atoms with van der Waals surface area (Å²) in [5, 5.41) is 5.45. The van der Waals surface area contributed by atoms with Crippen LogP contribution in [0.15, 0.2) is 12.1 Å². The first-order valence-corrected chi connectivity index (χ1v) is 15.3. The average molecular weight is 504 g/mol. The van der Waals surface area contributed by atoms with Gasteiger partial charge in [-0.1, -0.05) is 102 Å². The molecule has 3 heteroatoms. The fraction of sp³-hybridized carbons (Fsp3) is 0.812. The van der Waals surface area contributed by atoms with Gasteiger partial charge in [-0.2, -0.15) is 0 Å². The topological polar surface area (TPSA) is 21.3 Å². The Morgan fingerprint density at radius 2 is 1.29 bits per heavy atom. The van der Waals surface area contributed by atoms with Crippen LogP contribution < -0.4 is 10.4 Å². The molecule has 35 heavy (non-hydrogen) atoms. The van der Waals surface area contributed by atoms with E-state index in [0.29, 0.717) is 17.9 Å². The molecule has 0 aliphatic heterocycles. The quantitative estimate of drug-likeness (QED) is 0.404. The van der Waals surface area contributed by atoms with Crippen LogP contribution >= 0.6 is 8.30 Å². The molecule has 1 aromatic rings. The number of hydrogen-bond donors (Lipinski definition) is 1. The molecule has 4 atom stereocenters. The number of rotatable bonds is 5. The lowest BCUT2D eigenvalue weighted by Gasteiger charge is -2.43. The summed E-state index contributed by atoms with van der Waals surface area (Å²) in [6.45, 7) is 35.3. The molecule has 0 aromatic heterocycles. The normalized spacial score (nSPS) is 23.6. The second-order valence-corrected chi connectivity index (χ2v) is 17.3. The van der Waals surface area contributed by atoms with Crippen molar-refractivity contribution in [3.05, 3.63) is 28.8 Å². The first-order valence-electron chi connectivity index (χ1n) is 14.1. The summed E-state index contributed by atoms with van der Waals surface area (Å²) < 4.78 is 7.35. The lowest BCUT2D eigenvalue weighted by molar-refractivity contribution is 0.0545. The Hall–Kier alpha value is -0.430. The van der Waals surface area contributed by atoms with Crippen LogP contribution in [0.3, 0.4) is 0 Å². The Morgan fingerprint density at radius 1 is 0.800 bits per heavy atom. The van der Waals surface area contributed by atoms with E-state index in [4.69, 9.17) is 4.52 Å². The second-order valence-electron chi connectivity index (χ2n) is 15.8. The maximum Gasteiger partial charge on any atom is 0.136 e. The summed E-state index contributed by atoms with van der Waals surface area (Å²) in [7, 11) is -1.01. The van der Waals surface area contributed by atoms with Crippen molar-refractivity contribution in [3.63, 3.8) is 0 Å². The van der Waals surface area contributed by atoms with Crippen LogP contribution in [-0.4, -0.2) is 11.6 Å². The first kappa shape index (κ1) is 30.8. The monoisotopic (exact) mass is 503 g/mol. The molecule has 202 valence electrons. The molecule has 1 aliphatic carbocycles. The third-order valence-electron chi connectivity index (χ3n) is 7.43. The third-order valence-corrected chi connectivity index (χ3v) is 9.68. The highest BCUT2D eigenvalue weighted by atomic mass is 31.2. The van der Waals surface area contributed by atoms with Gasteiger partial charge in [0.15, 0.2) is 0 Å². The van der Waals surface area contributed by atoms with Gasteiger partial charge in [0.1, 0.15) is 8.30 Å². The summed E-state index contributed by atoms with van der Waals surface area (Å²) in [5.74, 6) is 2.00. The molecular weight excluding hydrogens is 445 g/mol. The second kappa shape index (κ2) is 10.7. The maximum absolute atomic E-state index is 7.35. The summed E-state index contributed by atoms with van der Waals surface area (Å²) >= 11 is 0. The standard InChI is InChI=1S/C32H58NOP/c1-21(2)24-17-16-22(3)18-27(24)34-35(33-32(13,14)15)28-25(30(7,8)9)19-23(29(4,5)6)20-26(28)31(10,11)12/h19-22,24,27,33H,16-18H2,1-15H3. The zero-order chi connectivity index (χ0) is 27.1. The molecule has 1 N–H and O–H groups in total. The van der Waals surface area contributed by atoms with Crippen molar-refractivity contribution in [3.8, 4) is 0 Å². The van der Waals surface area contributed by atoms with Crippen LogP contribution in [-0.2, 0) is 20.8 Å². The molecule has 0 bridgehead atoms. The van der Waals surface area contributed by atoms with Crippen molar-refractivity contribution in [2.24, 2.45) is 17.8 Å². The summed E-state index contributed by atoms with van der Waals surface area (Å²) in [6.07, 6.45) is 4.09. The largest absolute Gasteiger partial charge is 0.336 e. The highest BCUT2D eigenvalue weighted by Crippen LogP contribution is 2.48. The molecule has 0 amide bonds. The van der Waals surface area contributed by atoms with E-state index in [1.54, 1.807) is 0 Å². The Kier molecular flexibility index (Phi) is 9.45. The van der Waals surface area contributed by atoms with Crippen molar-refractivity contribution in [2.75, 3.05) is 0 Å². The third kappa shape index (κ3) is 8.28. The maximum atomic E-state index is 7.35. The van der Waals surface area contributed by atoms with Crippen molar-refractivity contribution in [1.82, 2.24) is 5.09 Å². The van der Waals surface area contributed by atoms with Gasteiger partial charge in [-0.15, -0.1) is 0 Å². The smallest absolute Gasteiger partial charge is 0.136 e. The van der Waals surface area contributed by atoms with Gasteiger partial charge in [0.05, 0.1) is 6.10 Å². The minimum absolute atomic E-state index is 0.0252. The molecule has 1 aliphatic rings. The number of nitrogens with one attached hydrogen (secondary N) is 1. The van der Waals surface area contributed by atoms with E-state index in [2.05, 4.69) is 121 Å². The molecule has 1 aromatic carbocycles. The van der Waals surface area contributed by atoms with E-state index < -0.39 is 8.30 Å². The SMILES string of the molecule is CC1CCC(C(C)C)C(OP(NC(C)(C)C)c2c(C(C)(C)C)cc(C(C)(C)C)cc2C(C)(C)C)C1. The van der Waals surface area contributed by atoms with Crippen LogP contribution in [0.25, 0.3) is 0 Å². The minimum atomic E-state index is -1.01. The van der Waals surface area contributed by atoms with Crippen LogP contribution in [0.1, 0.15) is 140 Å². The van der Waals surface area contributed by atoms with E-state index in [1.165, 1.54) is 41.3 Å². The Labute approximate surface area is 220 Å². The van der Waals surface area contributed by atoms with Crippen LogP contribution in [0, 0.1) is 17.8 Å². The fourth-order valence-corrected chi connectivity index (χ4v) is 7.87. The summed E-state index contributed by atoms with van der Waals surface area (Å²) in [6, 6.07) is 4.99. The van der Waals surface area contributed by atoms with E-state index in [-0.39, 0.29) is 21.8 Å². The van der Waals surface area contributed by atoms with Crippen LogP contribution in [0.4, 0.5) is 0 Å². The van der Waals surface area contributed by atoms with Gasteiger partial charge in [0, 0.05) is 10.8 Å². The van der Waals surface area contributed by atoms with Crippen molar-refractivity contribution in [1.29, 1.82) is 0 Å². The Bertz CT molecular complexity index is 809. The zero-order valence-electron chi connectivity index (χ0n) is 25.9. The van der Waals surface area contributed by atoms with Crippen molar-refractivity contribution >= 4 is 13.6 Å². The molecule has 1 saturated carbocycles. The van der Waals surface area contributed by atoms with E-state index in [1.807, 2.05) is 0 Å². The van der Waals surface area contributed by atoms with Crippen molar-refractivity contribution < 1.29 is 4.52 Å². The van der Waals surface area contributed by atoms with Gasteiger partial charge >= 0.3 is 0 Å². The Morgan fingerprint density at radius 3 is 1.66 bits per heavy atom. The molecule has 0 radical (unpaired) electrons. The van der Waals surface area contributed by atoms with Gasteiger partial charge in [0.2, 0.25) is 0 Å². The highest BCUT2D eigenvalue weighted by molar-refractivity contribution is 7.59. The predicted octanol–water partition coefficient (Wildman–Crippen LogP) is 9.38. The zero-order valence-corrected chi connectivity index (χ0v) is 26.8. The van der Waals surface area contributed by atoms with Gasteiger partial charge in [-0.05, 0) is 84.3 Å². The molecule has 2 nitrogen and oxygen atoms in total. The molecular formula is C32H58NOP. The van der Waals surface area contributed by atoms with Gasteiger partial charge in [-0.25, -0.2) is 0 Å². The van der Waals surface area contributed by atoms with Crippen molar-refractivity contribution in [2.45, 2.75) is 151 Å². The van der Waals surface area contributed by atoms with Gasteiger partial charge in [0.25, 0.3) is 0 Å². The number of benzene rings is 1. The molecule has 0 heterocycles. The highest BCUT2D eigenvalue weighted by Gasteiger charge is 2.39. The van der Waals surface area contributed by atoms with Crippen LogP contribution in [0.2, 0.25) is 0 Å². The van der Waals surface area contributed by atoms with Gasteiger partial charge in [-0.3, -0.25) is 5.09 Å². The molecule has 2 rings (SSSR count). The van der Waals surface area contributed by atoms with E-state index in [9.17, 15) is 0 Å².